The molecule has 2 aromatic carbocycles. The quantitative estimate of drug-likeness (QED) is 0.238. The van der Waals surface area contributed by atoms with Gasteiger partial charge in [-0.15, -0.1) is 0 Å². The first-order valence-electron chi connectivity index (χ1n) is 15.1. The van der Waals surface area contributed by atoms with Gasteiger partial charge in [0.05, 0.1) is 23.1 Å². The van der Waals surface area contributed by atoms with E-state index in [2.05, 4.69) is 22.1 Å². The molecule has 1 saturated heterocycles. The summed E-state index contributed by atoms with van der Waals surface area (Å²) in [4.78, 5) is 29.3. The topological polar surface area (TPSA) is 81.7 Å². The highest BCUT2D eigenvalue weighted by molar-refractivity contribution is 5.98. The summed E-state index contributed by atoms with van der Waals surface area (Å²) >= 11 is 0. The Balaban J connectivity index is 1.52. The second kappa shape index (κ2) is 12.7. The Labute approximate surface area is 254 Å². The zero-order chi connectivity index (χ0) is 31.6. The number of nitrogens with one attached hydrogen (secondary N) is 2. The zero-order valence-electron chi connectivity index (χ0n) is 26.0. The van der Waals surface area contributed by atoms with Gasteiger partial charge >= 0.3 is 0 Å². The van der Waals surface area contributed by atoms with Gasteiger partial charge in [0.2, 0.25) is 5.91 Å². The number of likely N-dealkylation sites (tertiary alicyclic amines) is 1. The van der Waals surface area contributed by atoms with Crippen molar-refractivity contribution in [3.05, 3.63) is 89.5 Å². The lowest BCUT2D eigenvalue weighted by atomic mass is 9.78. The van der Waals surface area contributed by atoms with Gasteiger partial charge < -0.3 is 15.7 Å². The number of hydrogen-bond acceptors (Lipinski definition) is 4. The molecule has 1 aliphatic carbocycles. The third-order valence-corrected chi connectivity index (χ3v) is 8.87. The lowest BCUT2D eigenvalue weighted by molar-refractivity contribution is -0.131. The highest BCUT2D eigenvalue weighted by Gasteiger charge is 2.49. The van der Waals surface area contributed by atoms with Crippen molar-refractivity contribution in [2.75, 3.05) is 13.1 Å². The van der Waals surface area contributed by atoms with Crippen molar-refractivity contribution in [3.8, 4) is 0 Å². The number of halogens is 2. The largest absolute Gasteiger partial charge is 0.390 e. The van der Waals surface area contributed by atoms with E-state index >= 15 is 0 Å². The third-order valence-electron chi connectivity index (χ3n) is 8.87. The third kappa shape index (κ3) is 7.98. The van der Waals surface area contributed by atoms with Crippen LogP contribution in [0.1, 0.15) is 77.8 Å². The van der Waals surface area contributed by atoms with Crippen LogP contribution in [0.25, 0.3) is 5.57 Å². The van der Waals surface area contributed by atoms with E-state index in [-0.39, 0.29) is 35.4 Å². The number of rotatable bonds is 10. The van der Waals surface area contributed by atoms with Crippen molar-refractivity contribution in [1.29, 1.82) is 0 Å². The summed E-state index contributed by atoms with van der Waals surface area (Å²) in [5.74, 6) is -2.16. The Kier molecular flexibility index (Phi) is 9.62. The summed E-state index contributed by atoms with van der Waals surface area (Å²) in [5.41, 5.74) is -0.242. The fourth-order valence-corrected chi connectivity index (χ4v) is 6.29. The molecule has 2 aromatic rings. The van der Waals surface area contributed by atoms with Crippen LogP contribution in [0, 0.1) is 17.6 Å². The molecule has 232 valence electrons. The highest BCUT2D eigenvalue weighted by Crippen LogP contribution is 2.37. The van der Waals surface area contributed by atoms with Crippen molar-refractivity contribution in [3.63, 3.8) is 0 Å². The molecule has 2 aliphatic rings. The Morgan fingerprint density at radius 1 is 1.12 bits per heavy atom. The lowest BCUT2D eigenvalue weighted by Crippen LogP contribution is -2.73. The van der Waals surface area contributed by atoms with Crippen molar-refractivity contribution < 1.29 is 23.5 Å². The second-order valence-electron chi connectivity index (χ2n) is 13.5. The van der Waals surface area contributed by atoms with Crippen LogP contribution >= 0.6 is 0 Å². The minimum Gasteiger partial charge on any atom is -0.390 e. The molecule has 3 N–H and O–H groups in total. The van der Waals surface area contributed by atoms with Gasteiger partial charge in [0, 0.05) is 36.3 Å². The van der Waals surface area contributed by atoms with E-state index in [4.69, 9.17) is 0 Å². The average Bonchev–Trinajstić information content (AvgIpc) is 2.90. The fourth-order valence-electron chi connectivity index (χ4n) is 6.29. The Morgan fingerprint density at radius 3 is 2.33 bits per heavy atom. The van der Waals surface area contributed by atoms with Crippen LogP contribution in [0.2, 0.25) is 0 Å². The number of carbonyl (C=O) groups excluding carboxylic acids is 2. The number of allylic oxidation sites excluding steroid dienone is 1. The van der Waals surface area contributed by atoms with Crippen molar-refractivity contribution >= 4 is 17.4 Å². The summed E-state index contributed by atoms with van der Waals surface area (Å²) in [5, 5.41) is 16.6. The molecular weight excluding hydrogens is 548 g/mol. The van der Waals surface area contributed by atoms with E-state index < -0.39 is 34.2 Å². The van der Waals surface area contributed by atoms with E-state index in [1.807, 2.05) is 65.0 Å². The molecule has 1 aliphatic heterocycles. The second-order valence-corrected chi connectivity index (χ2v) is 13.5. The summed E-state index contributed by atoms with van der Waals surface area (Å²) in [6.07, 6.45) is 4.73. The van der Waals surface area contributed by atoms with Gasteiger partial charge in [0.15, 0.2) is 0 Å². The number of hydrogen-bond donors (Lipinski definition) is 3. The molecule has 6 nitrogen and oxygen atoms in total. The predicted octanol–water partition coefficient (Wildman–Crippen LogP) is 5.87. The van der Waals surface area contributed by atoms with E-state index in [9.17, 15) is 23.5 Å². The molecule has 0 bridgehead atoms. The monoisotopic (exact) mass is 593 g/mol. The maximum atomic E-state index is 14.6. The molecular formula is C35H45F2N3O3. The first-order valence-corrected chi connectivity index (χ1v) is 15.1. The number of amides is 2. The number of benzene rings is 2. The summed E-state index contributed by atoms with van der Waals surface area (Å²) < 4.78 is 28.2. The molecule has 0 aromatic heterocycles. The Hall–Kier alpha value is -3.36. The van der Waals surface area contributed by atoms with Crippen molar-refractivity contribution in [1.82, 2.24) is 15.5 Å². The van der Waals surface area contributed by atoms with Crippen LogP contribution in [0.3, 0.4) is 0 Å². The fraction of sp³-hybridized carbons (Fsp3) is 0.486. The van der Waals surface area contributed by atoms with Gasteiger partial charge in [-0.1, -0.05) is 50.8 Å². The minimum absolute atomic E-state index is 0.0799. The van der Waals surface area contributed by atoms with Crippen LogP contribution in [-0.4, -0.2) is 52.1 Å². The molecule has 4 rings (SSSR count). The van der Waals surface area contributed by atoms with E-state index in [0.717, 1.165) is 24.5 Å². The van der Waals surface area contributed by atoms with Crippen LogP contribution in [0.5, 0.6) is 0 Å². The molecule has 0 spiro atoms. The van der Waals surface area contributed by atoms with Crippen molar-refractivity contribution in [2.45, 2.75) is 89.4 Å². The zero-order valence-corrected chi connectivity index (χ0v) is 26.0. The first kappa shape index (κ1) is 32.6. The summed E-state index contributed by atoms with van der Waals surface area (Å²) in [6.45, 7) is 14.4. The number of nitrogens with zero attached hydrogens (tertiary/aromatic N) is 1. The van der Waals surface area contributed by atoms with Crippen molar-refractivity contribution in [2.24, 2.45) is 5.92 Å². The molecule has 0 radical (unpaired) electrons. The summed E-state index contributed by atoms with van der Waals surface area (Å²) in [7, 11) is 0. The highest BCUT2D eigenvalue weighted by atomic mass is 19.1. The number of aliphatic hydroxyl groups is 1. The molecule has 2 fully saturated rings. The van der Waals surface area contributed by atoms with Crippen LogP contribution in [0.4, 0.5) is 8.78 Å². The van der Waals surface area contributed by atoms with E-state index in [1.165, 1.54) is 12.1 Å². The first-order chi connectivity index (χ1) is 20.1. The van der Waals surface area contributed by atoms with Gasteiger partial charge in [-0.05, 0) is 81.7 Å². The van der Waals surface area contributed by atoms with Crippen LogP contribution < -0.4 is 10.6 Å². The lowest BCUT2D eigenvalue weighted by Gasteiger charge is -2.55. The summed E-state index contributed by atoms with van der Waals surface area (Å²) in [6, 6.07) is 13.4. The predicted molar refractivity (Wildman–Crippen MR) is 166 cm³/mol. The van der Waals surface area contributed by atoms with Gasteiger partial charge in [-0.2, -0.15) is 0 Å². The van der Waals surface area contributed by atoms with E-state index in [1.54, 1.807) is 6.08 Å². The minimum atomic E-state index is -0.816. The van der Waals surface area contributed by atoms with Crippen LogP contribution in [0.15, 0.2) is 66.8 Å². The molecule has 1 saturated carbocycles. The maximum Gasteiger partial charge on any atom is 0.251 e. The molecule has 0 atom stereocenters. The molecule has 8 heteroatoms. The SMILES string of the molecule is C=C(/C=C(/c1ccc(F)cc1F)C(C)C)C(=O)NC1(CC(=O)NC(C)(C)c2ccccc2)CN(C2CCC(C)(O)CC2)C1. The van der Waals surface area contributed by atoms with Gasteiger partial charge in [-0.3, -0.25) is 14.5 Å². The smallest absolute Gasteiger partial charge is 0.251 e. The van der Waals surface area contributed by atoms with Gasteiger partial charge in [-0.25, -0.2) is 8.78 Å². The maximum absolute atomic E-state index is 14.6. The Morgan fingerprint density at radius 2 is 1.74 bits per heavy atom. The Bertz CT molecular complexity index is 1370. The standard InChI is InChI=1S/C35H45F2N3O3/c1-23(2)29(28-13-12-26(36)19-30(28)37)18-24(3)32(42)39-35(21-40(22-35)27-14-16-34(6,43)17-15-27)20-31(41)38-33(4,5)25-10-8-7-9-11-25/h7-13,18-19,23,27,43H,3,14-17,20-22H2,1-2,4-6H3,(H,38,41)(H,39,42)/b29-18+. The average molecular weight is 594 g/mol. The molecule has 0 unspecified atom stereocenters. The normalized spacial score (nSPS) is 22.5. The molecule has 43 heavy (non-hydrogen) atoms. The van der Waals surface area contributed by atoms with Gasteiger partial charge in [0.25, 0.3) is 5.91 Å². The van der Waals surface area contributed by atoms with E-state index in [0.29, 0.717) is 31.5 Å². The number of carbonyl (C=O) groups is 2. The van der Waals surface area contributed by atoms with Gasteiger partial charge in [0.1, 0.15) is 11.6 Å². The molecule has 2 amide bonds. The van der Waals surface area contributed by atoms with Crippen LogP contribution in [-0.2, 0) is 15.1 Å². The molecule has 1 heterocycles.